The molecule has 1 aliphatic heterocycles. The van der Waals surface area contributed by atoms with E-state index in [0.29, 0.717) is 0 Å². The Morgan fingerprint density at radius 2 is 1.48 bits per heavy atom. The highest BCUT2D eigenvalue weighted by molar-refractivity contribution is 7.71. The average molecular weight is 457 g/mol. The SMILES string of the molecule is CC(=O)OC[C@H]1O[C@@H](On2ccccc2=S)[C@H](OC(C)=O)[C@@H](OC(C)=O)[C@H]1OC(C)=O. The standard InChI is InChI=1S/C19H23NO10S/c1-10(21)25-9-14-16(26-11(2)22)17(27-12(3)23)18(28-13(4)24)19(29-14)30-20-8-6-5-7-15(20)31/h5-8,14,16-19H,9H2,1-4H3/t14-,16+,17+,18-,19+/m1/s1. The molecule has 0 saturated carbocycles. The molecule has 11 nitrogen and oxygen atoms in total. The lowest BCUT2D eigenvalue weighted by atomic mass is 9.98. The summed E-state index contributed by atoms with van der Waals surface area (Å²) in [5.74, 6) is -2.79. The fourth-order valence-electron chi connectivity index (χ4n) is 2.89. The van der Waals surface area contributed by atoms with Crippen LogP contribution in [0, 0.1) is 4.64 Å². The van der Waals surface area contributed by atoms with Crippen molar-refractivity contribution >= 4 is 36.1 Å². The molecule has 2 heterocycles. The van der Waals surface area contributed by atoms with Crippen LogP contribution in [0.5, 0.6) is 0 Å². The van der Waals surface area contributed by atoms with Gasteiger partial charge in [-0.1, -0.05) is 18.3 Å². The first-order valence-electron chi connectivity index (χ1n) is 9.23. The second-order valence-electron chi connectivity index (χ2n) is 6.54. The number of nitrogens with zero attached hydrogens (tertiary/aromatic N) is 1. The third-order valence-electron chi connectivity index (χ3n) is 3.95. The van der Waals surface area contributed by atoms with E-state index in [2.05, 4.69) is 0 Å². The van der Waals surface area contributed by atoms with Crippen LogP contribution in [0.2, 0.25) is 0 Å². The van der Waals surface area contributed by atoms with Crippen LogP contribution in [-0.4, -0.2) is 65.9 Å². The van der Waals surface area contributed by atoms with Crippen molar-refractivity contribution in [1.82, 2.24) is 4.73 Å². The number of esters is 4. The Bertz CT molecular complexity index is 884. The van der Waals surface area contributed by atoms with Gasteiger partial charge in [0.15, 0.2) is 12.2 Å². The van der Waals surface area contributed by atoms with Gasteiger partial charge in [-0.15, -0.1) is 0 Å². The number of hydrogen-bond acceptors (Lipinski definition) is 11. The fourth-order valence-corrected chi connectivity index (χ4v) is 3.07. The maximum atomic E-state index is 11.8. The van der Waals surface area contributed by atoms with E-state index in [-0.39, 0.29) is 11.2 Å². The van der Waals surface area contributed by atoms with Crippen molar-refractivity contribution in [1.29, 1.82) is 0 Å². The zero-order valence-electron chi connectivity index (χ0n) is 17.3. The third-order valence-corrected chi connectivity index (χ3v) is 4.27. The predicted molar refractivity (Wildman–Crippen MR) is 104 cm³/mol. The number of carbonyl (C=O) groups excluding carboxylic acids is 4. The van der Waals surface area contributed by atoms with Crippen LogP contribution in [0.25, 0.3) is 0 Å². The van der Waals surface area contributed by atoms with Crippen molar-refractivity contribution in [3.63, 3.8) is 0 Å². The Morgan fingerprint density at radius 3 is 2.03 bits per heavy atom. The lowest BCUT2D eigenvalue weighted by Crippen LogP contribution is -2.64. The lowest BCUT2D eigenvalue weighted by Gasteiger charge is -2.43. The fraction of sp³-hybridized carbons (Fsp3) is 0.526. The van der Waals surface area contributed by atoms with E-state index in [4.69, 9.17) is 40.7 Å². The molecule has 0 aliphatic carbocycles. The molecule has 0 aromatic carbocycles. The lowest BCUT2D eigenvalue weighted by molar-refractivity contribution is -0.307. The van der Waals surface area contributed by atoms with Gasteiger partial charge < -0.3 is 28.5 Å². The molecule has 12 heteroatoms. The average Bonchev–Trinajstić information content (AvgIpc) is 2.65. The van der Waals surface area contributed by atoms with E-state index >= 15 is 0 Å². The smallest absolute Gasteiger partial charge is 0.303 e. The summed E-state index contributed by atoms with van der Waals surface area (Å²) in [4.78, 5) is 52.3. The third kappa shape index (κ3) is 7.03. The molecule has 1 aliphatic rings. The van der Waals surface area contributed by atoms with E-state index in [0.717, 1.165) is 20.8 Å². The summed E-state index contributed by atoms with van der Waals surface area (Å²) in [6.45, 7) is 4.25. The Labute approximate surface area is 183 Å². The van der Waals surface area contributed by atoms with Gasteiger partial charge in [0.1, 0.15) is 17.4 Å². The first-order chi connectivity index (χ1) is 14.6. The molecule has 2 rings (SSSR count). The number of rotatable bonds is 7. The quantitative estimate of drug-likeness (QED) is 0.326. The van der Waals surface area contributed by atoms with E-state index in [1.54, 1.807) is 18.2 Å². The van der Waals surface area contributed by atoms with Gasteiger partial charge in [-0.3, -0.25) is 19.2 Å². The molecule has 1 aromatic heterocycles. The Morgan fingerprint density at radius 1 is 0.903 bits per heavy atom. The molecule has 170 valence electrons. The largest absolute Gasteiger partial charge is 0.463 e. The van der Waals surface area contributed by atoms with Crippen LogP contribution in [-0.2, 0) is 42.9 Å². The molecule has 1 saturated heterocycles. The van der Waals surface area contributed by atoms with Crippen molar-refractivity contribution < 1.29 is 47.7 Å². The number of carbonyl (C=O) groups is 4. The zero-order chi connectivity index (χ0) is 23.1. The summed E-state index contributed by atoms with van der Waals surface area (Å²) in [5, 5.41) is 0. The maximum absolute atomic E-state index is 11.8. The molecule has 31 heavy (non-hydrogen) atoms. The highest BCUT2D eigenvalue weighted by Crippen LogP contribution is 2.29. The second kappa shape index (κ2) is 10.9. The van der Waals surface area contributed by atoms with Crippen molar-refractivity contribution in [3.8, 4) is 0 Å². The van der Waals surface area contributed by atoms with Crippen molar-refractivity contribution in [2.24, 2.45) is 0 Å². The molecular formula is C19H23NO10S. The molecule has 1 fully saturated rings. The zero-order valence-corrected chi connectivity index (χ0v) is 18.2. The van der Waals surface area contributed by atoms with Crippen LogP contribution in [0.4, 0.5) is 0 Å². The molecule has 1 aromatic rings. The summed E-state index contributed by atoms with van der Waals surface area (Å²) in [5.41, 5.74) is 0. The van der Waals surface area contributed by atoms with Crippen LogP contribution >= 0.6 is 12.2 Å². The van der Waals surface area contributed by atoms with Crippen molar-refractivity contribution in [2.75, 3.05) is 6.61 Å². The summed E-state index contributed by atoms with van der Waals surface area (Å²) in [6, 6.07) is 4.91. The summed E-state index contributed by atoms with van der Waals surface area (Å²) >= 11 is 5.19. The van der Waals surface area contributed by atoms with Crippen LogP contribution in [0.1, 0.15) is 27.7 Å². The Balaban J connectivity index is 2.47. The summed E-state index contributed by atoms with van der Waals surface area (Å²) in [6.07, 6.45) is -4.87. The van der Waals surface area contributed by atoms with Gasteiger partial charge in [-0.25, -0.2) is 0 Å². The normalized spacial score (nSPS) is 25.1. The molecule has 0 unspecified atom stereocenters. The number of hydrogen-bond donors (Lipinski definition) is 0. The van der Waals surface area contributed by atoms with Gasteiger partial charge in [0, 0.05) is 33.9 Å². The topological polar surface area (TPSA) is 129 Å². The van der Waals surface area contributed by atoms with Gasteiger partial charge in [-0.05, 0) is 12.1 Å². The minimum atomic E-state index is -1.35. The van der Waals surface area contributed by atoms with Gasteiger partial charge in [0.2, 0.25) is 6.10 Å². The van der Waals surface area contributed by atoms with Gasteiger partial charge in [-0.2, -0.15) is 4.73 Å². The maximum Gasteiger partial charge on any atom is 0.303 e. The highest BCUT2D eigenvalue weighted by atomic mass is 32.1. The summed E-state index contributed by atoms with van der Waals surface area (Å²) in [7, 11) is 0. The minimum Gasteiger partial charge on any atom is -0.463 e. The van der Waals surface area contributed by atoms with Gasteiger partial charge >= 0.3 is 23.9 Å². The van der Waals surface area contributed by atoms with Crippen LogP contribution in [0.3, 0.4) is 0 Å². The first kappa shape index (κ1) is 24.3. The van der Waals surface area contributed by atoms with Crippen LogP contribution in [0.15, 0.2) is 24.4 Å². The van der Waals surface area contributed by atoms with Crippen molar-refractivity contribution in [3.05, 3.63) is 29.0 Å². The molecule has 0 radical (unpaired) electrons. The monoisotopic (exact) mass is 457 g/mol. The van der Waals surface area contributed by atoms with Crippen LogP contribution < -0.4 is 4.84 Å². The van der Waals surface area contributed by atoms with E-state index in [1.165, 1.54) is 17.9 Å². The molecule has 0 spiro atoms. The van der Waals surface area contributed by atoms with Crippen molar-refractivity contribution in [2.45, 2.75) is 58.4 Å². The molecule has 0 bridgehead atoms. The van der Waals surface area contributed by atoms with Gasteiger partial charge in [0.05, 0.1) is 0 Å². The number of aromatic nitrogens is 1. The molecule has 5 atom stereocenters. The van der Waals surface area contributed by atoms with Gasteiger partial charge in [0.25, 0.3) is 6.29 Å². The summed E-state index contributed by atoms with van der Waals surface area (Å²) < 4.78 is 28.2. The molecular weight excluding hydrogens is 434 g/mol. The highest BCUT2D eigenvalue weighted by Gasteiger charge is 2.53. The Hall–Kier alpha value is -2.99. The predicted octanol–water partition coefficient (Wildman–Crippen LogP) is 0.729. The Kier molecular flexibility index (Phi) is 8.51. The van der Waals surface area contributed by atoms with E-state index < -0.39 is 54.6 Å². The first-order valence-corrected chi connectivity index (χ1v) is 9.64. The van der Waals surface area contributed by atoms with E-state index in [9.17, 15) is 19.2 Å². The molecule has 0 N–H and O–H groups in total. The molecule has 0 amide bonds. The minimum absolute atomic E-state index is 0.273. The number of ether oxygens (including phenoxy) is 5. The van der Waals surface area contributed by atoms with E-state index in [1.807, 2.05) is 0 Å². The second-order valence-corrected chi connectivity index (χ2v) is 6.96. The number of pyridine rings is 1.